The summed E-state index contributed by atoms with van der Waals surface area (Å²) in [4.78, 5) is 76.9. The minimum atomic E-state index is -4.41. The van der Waals surface area contributed by atoms with Gasteiger partial charge in [-0.15, -0.1) is 12.4 Å². The van der Waals surface area contributed by atoms with E-state index in [2.05, 4.69) is 28.5 Å². The van der Waals surface area contributed by atoms with Gasteiger partial charge in [0.1, 0.15) is 41.1 Å². The van der Waals surface area contributed by atoms with E-state index in [0.717, 1.165) is 62.0 Å². The first-order valence-corrected chi connectivity index (χ1v) is 37.3. The van der Waals surface area contributed by atoms with Crippen LogP contribution in [0.2, 0.25) is 0 Å². The van der Waals surface area contributed by atoms with Gasteiger partial charge in [0, 0.05) is 112 Å². The molecule has 12 fully saturated rings. The number of halogens is 13. The summed E-state index contributed by atoms with van der Waals surface area (Å²) in [6.07, 6.45) is 12.5. The van der Waals surface area contributed by atoms with Gasteiger partial charge < -0.3 is 32.4 Å². The lowest BCUT2D eigenvalue weighted by atomic mass is 9.47. The van der Waals surface area contributed by atoms with Gasteiger partial charge >= 0.3 is 47.1 Å². The van der Waals surface area contributed by atoms with Gasteiger partial charge in [0.25, 0.3) is 0 Å². The van der Waals surface area contributed by atoms with Crippen LogP contribution in [0, 0.1) is 98.7 Å². The van der Waals surface area contributed by atoms with Crippen molar-refractivity contribution in [3.63, 3.8) is 0 Å². The van der Waals surface area contributed by atoms with Crippen LogP contribution in [0.15, 0.2) is 36.4 Å². The van der Waals surface area contributed by atoms with Crippen molar-refractivity contribution in [1.29, 1.82) is 0 Å². The first-order valence-electron chi connectivity index (χ1n) is 32.0. The number of benzene rings is 3. The smallest absolute Gasteiger partial charge is 0.318 e. The fourth-order valence-corrected chi connectivity index (χ4v) is 21.1. The Balaban J connectivity index is 0.000000243. The monoisotopic (exact) mass is 1630 g/mol. The summed E-state index contributed by atoms with van der Waals surface area (Å²) in [5, 5.41) is 8.45. The number of primary amides is 2. The van der Waals surface area contributed by atoms with Crippen molar-refractivity contribution >= 4 is 134 Å². The lowest BCUT2D eigenvalue weighted by molar-refractivity contribution is -0.147. The molecule has 104 heavy (non-hydrogen) atoms. The average Bonchev–Trinajstić information content (AvgIpc) is 0.749. The minimum Gasteiger partial charge on any atom is -0.480 e. The third kappa shape index (κ3) is 20.3. The first-order chi connectivity index (χ1) is 47.2. The second kappa shape index (κ2) is 36.4. The van der Waals surface area contributed by atoms with Crippen molar-refractivity contribution in [2.75, 3.05) is 85.0 Å². The predicted octanol–water partition coefficient (Wildman–Crippen LogP) is 7.86. The van der Waals surface area contributed by atoms with E-state index >= 15 is 0 Å². The number of nitrogens with zero attached hydrogens (tertiary/aromatic N) is 6. The highest BCUT2D eigenvalue weighted by Gasteiger charge is 2.59. The van der Waals surface area contributed by atoms with Gasteiger partial charge in [-0.05, 0) is 167 Å². The van der Waals surface area contributed by atoms with E-state index in [1.807, 2.05) is 0 Å². The number of carbonyl (C=O) groups excluding carboxylic acids is 6. The number of ether oxygens (including phenoxy) is 1. The molecule has 4 unspecified atom stereocenters. The van der Waals surface area contributed by atoms with Gasteiger partial charge in [-0.1, -0.05) is 14.9 Å². The molecule has 3 aromatic carbocycles. The number of carbonyl (C=O) groups is 7. The van der Waals surface area contributed by atoms with Crippen LogP contribution in [0.25, 0.3) is 0 Å². The molecule has 0 aromatic heterocycles. The number of carboxylic acid groups (broad SMARTS) is 1. The highest BCUT2D eigenvalue weighted by atomic mass is 35.5. The predicted molar refractivity (Wildman–Crippen MR) is 368 cm³/mol. The molecule has 0 radical (unpaired) electrons. The van der Waals surface area contributed by atoms with Crippen molar-refractivity contribution in [2.45, 2.75) is 123 Å². The molecule has 25 nitrogen and oxygen atoms in total. The van der Waals surface area contributed by atoms with Crippen LogP contribution in [0.4, 0.5) is 56.6 Å². The van der Waals surface area contributed by atoms with E-state index in [-0.39, 0.29) is 121 Å². The highest BCUT2D eigenvalue weighted by Crippen LogP contribution is 2.61. The third-order valence-corrected chi connectivity index (χ3v) is 25.9. The number of rotatable bonds is 13. The quantitative estimate of drug-likeness (QED) is 0.0617. The summed E-state index contributed by atoms with van der Waals surface area (Å²) < 4.78 is 206. The van der Waals surface area contributed by atoms with Crippen molar-refractivity contribution < 1.29 is 108 Å². The van der Waals surface area contributed by atoms with Gasteiger partial charge in [0.2, 0.25) is 23.0 Å². The number of nitrogens with one attached hydrogen (secondary N) is 1. The molecule has 8 aliphatic carbocycles. The fraction of sp³-hybridized carbons (Fsp3) is 0.603. The van der Waals surface area contributed by atoms with E-state index in [4.69, 9.17) is 38.6 Å². The number of anilines is 3. The van der Waals surface area contributed by atoms with Crippen LogP contribution < -0.4 is 35.4 Å². The first kappa shape index (κ1) is 88.8. The number of hydrogen-bond acceptors (Lipinski definition) is 15. The molecule has 4 atom stereocenters. The van der Waals surface area contributed by atoms with Crippen molar-refractivity contribution in [3.05, 3.63) is 88.8 Å². The van der Waals surface area contributed by atoms with Gasteiger partial charge in [0.05, 0.1) is 13.1 Å². The maximum absolute atomic E-state index is 14.3. The topological polar surface area (TPSA) is 361 Å². The van der Waals surface area contributed by atoms with Crippen LogP contribution >= 0.6 is 47.2 Å². The molecule has 8 saturated carbocycles. The Morgan fingerprint density at radius 3 is 1.06 bits per heavy atom. The molecular formula is C63H83Cl4F9N10O15S3. The summed E-state index contributed by atoms with van der Waals surface area (Å²) in [5.41, 5.74) is 14.1. The number of nitrogens with two attached hydrogens (primary N) is 3. The summed E-state index contributed by atoms with van der Waals surface area (Å²) in [6, 6.07) is 2.54. The van der Waals surface area contributed by atoms with Crippen LogP contribution in [0.3, 0.4) is 0 Å². The third-order valence-electron chi connectivity index (χ3n) is 19.7. The Morgan fingerprint density at radius 2 is 0.779 bits per heavy atom. The molecular weight excluding hydrogens is 1550 g/mol. The van der Waals surface area contributed by atoms with E-state index in [0.29, 0.717) is 94.6 Å². The summed E-state index contributed by atoms with van der Waals surface area (Å²) in [6.45, 7) is -0.577. The average molecular weight is 1630 g/mol. The van der Waals surface area contributed by atoms with E-state index in [1.165, 1.54) is 25.7 Å². The minimum absolute atomic E-state index is 0. The van der Waals surface area contributed by atoms with E-state index in [1.54, 1.807) is 0 Å². The molecule has 12 aliphatic rings. The second-order valence-electron chi connectivity index (χ2n) is 26.5. The highest BCUT2D eigenvalue weighted by molar-refractivity contribution is 7.91. The van der Waals surface area contributed by atoms with Gasteiger partial charge in [0.15, 0.2) is 34.9 Å². The fourth-order valence-electron chi connectivity index (χ4n) is 15.9. The molecule has 0 spiro atoms. The Morgan fingerprint density at radius 1 is 0.481 bits per heavy atom. The lowest BCUT2D eigenvalue weighted by Gasteiger charge is -2.58. The molecule has 3 aromatic rings. The molecule has 8 bridgehead atoms. The van der Waals surface area contributed by atoms with Gasteiger partial charge in [-0.25, -0.2) is 39.5 Å². The Bertz CT molecular complexity index is 3800. The molecule has 41 heteroatoms. The number of amides is 3. The molecule has 3 amide bonds. The van der Waals surface area contributed by atoms with Crippen molar-refractivity contribution in [2.24, 2.45) is 63.5 Å². The Hall–Kier alpha value is -5.87. The molecule has 4 aliphatic heterocycles. The zero-order valence-electron chi connectivity index (χ0n) is 54.2. The number of aliphatic carboxylic acids is 1. The SMILES string of the molecule is C.C.C1CCOC1.Cl.NC(=O)C12CC3CC(C1)C(N)C(C3)C2.NC(=O)C12CC3CC(C1)C(NC(=O)CN1CCCN(c4c(F)cc(F)cc4F)S1(=O)=O)C(C3)C2.O=C(Cl)C(=O)Cl.O=C(Cl)CN1CCCN(c2c(F)cc(F)cc2F)S1(=O)=O.O=C(O)CN1CCCN(c2c(F)cc(F)cc2F)S1(=O)=O. The van der Waals surface area contributed by atoms with Crippen LogP contribution in [-0.2, 0) is 68.9 Å². The van der Waals surface area contributed by atoms with Gasteiger partial charge in [-0.3, -0.25) is 46.5 Å². The molecule has 15 rings (SSSR count). The summed E-state index contributed by atoms with van der Waals surface area (Å²) in [5.74, 6) is -11.3. The maximum atomic E-state index is 14.3. The normalized spacial score (nSPS) is 27.8. The largest absolute Gasteiger partial charge is 0.480 e. The molecule has 4 heterocycles. The van der Waals surface area contributed by atoms with E-state index in [9.17, 15) is 98.3 Å². The standard InChI is InChI=1S/C22H27F3N4O4S.C11H10ClF3N2O3S.C11H11F3N2O4S.C11H18N2O.C4H8O.C2Cl2O2.2CH4.ClH/c23-15-6-16(24)20(17(25)7-15)29-3-1-2-28(34(29,32)33)11-18(30)27-19-13-4-12-5-14(19)10-22(8-12,9-13)21(26)31;12-10(18)6-16-2-1-3-17(21(16,19)20)11-8(14)4-7(13)5-9(11)15;12-7-4-8(13)11(9(14)5-7)16-3-1-2-15(6-10(17)18)21(16,19)20;12-9-7-1-6-2-8(9)5-11(3-6,4-7)10(13)14;1-2-4-5-3-1;3-1(5)2(4)6;;;/h6-7,12-14,19H,1-5,8-11H2,(H2,26,31)(H,27,30);4-5H,1-3,6H2;4-5H,1-3,6H2,(H,17,18);6-9H,1-5,12H2,(H2,13,14);1-4H2;;2*1H4;1H. The van der Waals surface area contributed by atoms with Crippen LogP contribution in [-0.4, -0.2) is 167 Å². The van der Waals surface area contributed by atoms with Crippen molar-refractivity contribution in [1.82, 2.24) is 18.2 Å². The molecule has 4 saturated heterocycles. The van der Waals surface area contributed by atoms with Crippen LogP contribution in [0.5, 0.6) is 0 Å². The summed E-state index contributed by atoms with van der Waals surface area (Å²) >= 11 is 14.1. The molecule has 584 valence electrons. The zero-order chi connectivity index (χ0) is 74.6. The van der Waals surface area contributed by atoms with Crippen molar-refractivity contribution in [3.8, 4) is 0 Å². The Labute approximate surface area is 617 Å². The second-order valence-corrected chi connectivity index (χ2v) is 33.1. The number of hydrogen-bond donors (Lipinski definition) is 5. The van der Waals surface area contributed by atoms with Crippen LogP contribution in [0.1, 0.15) is 111 Å². The van der Waals surface area contributed by atoms with E-state index < -0.39 is 153 Å². The molecule has 8 N–H and O–H groups in total. The van der Waals surface area contributed by atoms with Gasteiger partial charge in [-0.2, -0.15) is 38.2 Å². The lowest BCUT2D eigenvalue weighted by Crippen LogP contribution is -2.63. The zero-order valence-corrected chi connectivity index (χ0v) is 59.7. The summed E-state index contributed by atoms with van der Waals surface area (Å²) in [7, 11) is -13.1. The Kier molecular flexibility index (Phi) is 31.0. The number of carboxylic acids is 1. The maximum Gasteiger partial charge on any atom is 0.318 e.